The van der Waals surface area contributed by atoms with Gasteiger partial charge in [-0.3, -0.25) is 5.10 Å². The largest absolute Gasteiger partial charge is 0.351 e. The molecule has 0 amide bonds. The Morgan fingerprint density at radius 3 is 2.33 bits per heavy atom. The highest BCUT2D eigenvalue weighted by Crippen LogP contribution is 2.23. The van der Waals surface area contributed by atoms with Gasteiger partial charge in [0.2, 0.25) is 5.95 Å². The summed E-state index contributed by atoms with van der Waals surface area (Å²) in [6.45, 7) is 0. The molecular weight excluding hydrogens is 262 g/mol. The van der Waals surface area contributed by atoms with Crippen LogP contribution in [0.1, 0.15) is 11.1 Å². The van der Waals surface area contributed by atoms with Crippen molar-refractivity contribution in [1.29, 1.82) is 0 Å². The third-order valence-corrected chi connectivity index (χ3v) is 3.85. The molecule has 5 heteroatoms. The van der Waals surface area contributed by atoms with E-state index >= 15 is 0 Å². The third-order valence-electron chi connectivity index (χ3n) is 3.85. The summed E-state index contributed by atoms with van der Waals surface area (Å²) in [5.41, 5.74) is 4.70. The van der Waals surface area contributed by atoms with Crippen LogP contribution in [0.15, 0.2) is 48.9 Å². The van der Waals surface area contributed by atoms with E-state index in [4.69, 9.17) is 0 Å². The minimum Gasteiger partial charge on any atom is -0.351 e. The summed E-state index contributed by atoms with van der Waals surface area (Å²) in [6.07, 6.45) is 7.40. The lowest BCUT2D eigenvalue weighted by molar-refractivity contribution is 0.761. The molecule has 3 aromatic rings. The van der Waals surface area contributed by atoms with Gasteiger partial charge in [-0.2, -0.15) is 5.10 Å². The Bertz CT molecular complexity index is 709. The number of aromatic nitrogens is 4. The van der Waals surface area contributed by atoms with Gasteiger partial charge in [-0.25, -0.2) is 9.97 Å². The van der Waals surface area contributed by atoms with Crippen LogP contribution in [0, 0.1) is 0 Å². The normalized spacial score (nSPS) is 14.1. The zero-order valence-electron chi connectivity index (χ0n) is 11.5. The lowest BCUT2D eigenvalue weighted by Crippen LogP contribution is -2.20. The van der Waals surface area contributed by atoms with Crippen LogP contribution in [0.25, 0.3) is 11.3 Å². The monoisotopic (exact) mass is 277 g/mol. The molecule has 0 aliphatic heterocycles. The molecule has 2 heterocycles. The van der Waals surface area contributed by atoms with Crippen LogP contribution in [-0.4, -0.2) is 26.2 Å². The van der Waals surface area contributed by atoms with E-state index in [9.17, 15) is 0 Å². The third kappa shape index (κ3) is 2.38. The number of hydrogen-bond acceptors (Lipinski definition) is 4. The highest BCUT2D eigenvalue weighted by molar-refractivity contribution is 5.56. The van der Waals surface area contributed by atoms with Crippen molar-refractivity contribution in [2.45, 2.75) is 18.9 Å². The SMILES string of the molecule is c1ccc2c(c1)CC(Nc1ncc(-c3ccn[nH]3)cn1)C2. The Labute approximate surface area is 122 Å². The van der Waals surface area contributed by atoms with E-state index in [0.29, 0.717) is 12.0 Å². The number of rotatable bonds is 3. The van der Waals surface area contributed by atoms with Crippen molar-refractivity contribution in [1.82, 2.24) is 20.2 Å². The molecule has 0 unspecified atom stereocenters. The second-order valence-corrected chi connectivity index (χ2v) is 5.28. The fourth-order valence-electron chi connectivity index (χ4n) is 2.80. The van der Waals surface area contributed by atoms with Crippen molar-refractivity contribution in [2.75, 3.05) is 5.32 Å². The maximum atomic E-state index is 4.39. The topological polar surface area (TPSA) is 66.5 Å². The maximum absolute atomic E-state index is 4.39. The molecule has 4 rings (SSSR count). The Morgan fingerprint density at radius 2 is 1.71 bits per heavy atom. The van der Waals surface area contributed by atoms with Crippen molar-refractivity contribution in [2.24, 2.45) is 0 Å². The van der Waals surface area contributed by atoms with Crippen LogP contribution >= 0.6 is 0 Å². The fourth-order valence-corrected chi connectivity index (χ4v) is 2.80. The fraction of sp³-hybridized carbons (Fsp3) is 0.188. The number of nitrogens with one attached hydrogen (secondary N) is 2. The minimum absolute atomic E-state index is 0.375. The number of anilines is 1. The number of benzene rings is 1. The zero-order chi connectivity index (χ0) is 14.1. The highest BCUT2D eigenvalue weighted by Gasteiger charge is 2.21. The number of aromatic amines is 1. The predicted octanol–water partition coefficient (Wildman–Crippen LogP) is 2.45. The molecule has 1 aliphatic rings. The van der Waals surface area contributed by atoms with E-state index in [1.165, 1.54) is 11.1 Å². The summed E-state index contributed by atoms with van der Waals surface area (Å²) < 4.78 is 0. The average molecular weight is 277 g/mol. The molecule has 1 aromatic carbocycles. The van der Waals surface area contributed by atoms with Crippen molar-refractivity contribution < 1.29 is 0 Å². The molecule has 0 bridgehead atoms. The second kappa shape index (κ2) is 5.01. The number of fused-ring (bicyclic) bond motifs is 1. The lowest BCUT2D eigenvalue weighted by atomic mass is 10.1. The number of nitrogens with zero attached hydrogens (tertiary/aromatic N) is 3. The molecule has 0 saturated heterocycles. The molecule has 0 saturated carbocycles. The van der Waals surface area contributed by atoms with E-state index in [-0.39, 0.29) is 0 Å². The van der Waals surface area contributed by atoms with E-state index in [2.05, 4.69) is 49.7 Å². The van der Waals surface area contributed by atoms with Crippen LogP contribution in [0.4, 0.5) is 5.95 Å². The molecule has 0 spiro atoms. The Morgan fingerprint density at radius 1 is 1.00 bits per heavy atom. The predicted molar refractivity (Wildman–Crippen MR) is 80.9 cm³/mol. The van der Waals surface area contributed by atoms with E-state index < -0.39 is 0 Å². The molecular formula is C16H15N5. The molecule has 5 nitrogen and oxygen atoms in total. The van der Waals surface area contributed by atoms with Crippen LogP contribution < -0.4 is 5.32 Å². The number of H-pyrrole nitrogens is 1. The lowest BCUT2D eigenvalue weighted by Gasteiger charge is -2.11. The first-order chi connectivity index (χ1) is 10.4. The summed E-state index contributed by atoms with van der Waals surface area (Å²) >= 11 is 0. The summed E-state index contributed by atoms with van der Waals surface area (Å²) in [5, 5.41) is 10.3. The van der Waals surface area contributed by atoms with Gasteiger partial charge >= 0.3 is 0 Å². The van der Waals surface area contributed by atoms with Gasteiger partial charge in [0.05, 0.1) is 5.69 Å². The van der Waals surface area contributed by atoms with E-state index in [1.807, 2.05) is 18.5 Å². The molecule has 2 N–H and O–H groups in total. The van der Waals surface area contributed by atoms with Crippen LogP contribution in [0.3, 0.4) is 0 Å². The first-order valence-electron chi connectivity index (χ1n) is 7.03. The average Bonchev–Trinajstić information content (AvgIpc) is 3.17. The molecule has 104 valence electrons. The standard InChI is InChI=1S/C16H15N5/c1-2-4-12-8-14(7-11(12)3-1)20-16-17-9-13(10-18-16)15-5-6-19-21-15/h1-6,9-10,14H,7-8H2,(H,19,21)(H,17,18,20). The van der Waals surface area contributed by atoms with Gasteiger partial charge < -0.3 is 5.32 Å². The molecule has 2 aromatic heterocycles. The number of hydrogen-bond donors (Lipinski definition) is 2. The van der Waals surface area contributed by atoms with Gasteiger partial charge in [0.1, 0.15) is 0 Å². The zero-order valence-corrected chi connectivity index (χ0v) is 11.5. The van der Waals surface area contributed by atoms with Crippen LogP contribution in [-0.2, 0) is 12.8 Å². The summed E-state index contributed by atoms with van der Waals surface area (Å²) in [7, 11) is 0. The summed E-state index contributed by atoms with van der Waals surface area (Å²) in [4.78, 5) is 8.78. The van der Waals surface area contributed by atoms with Crippen LogP contribution in [0.2, 0.25) is 0 Å². The molecule has 0 fully saturated rings. The molecule has 21 heavy (non-hydrogen) atoms. The first kappa shape index (κ1) is 12.1. The van der Waals surface area contributed by atoms with Gasteiger partial charge in [0, 0.05) is 30.2 Å². The van der Waals surface area contributed by atoms with Gasteiger partial charge in [0.15, 0.2) is 0 Å². The van der Waals surface area contributed by atoms with Crippen molar-refractivity contribution >= 4 is 5.95 Å². The minimum atomic E-state index is 0.375. The molecule has 1 aliphatic carbocycles. The Hall–Kier alpha value is -2.69. The summed E-state index contributed by atoms with van der Waals surface area (Å²) in [6, 6.07) is 10.9. The van der Waals surface area contributed by atoms with Crippen LogP contribution in [0.5, 0.6) is 0 Å². The quantitative estimate of drug-likeness (QED) is 0.771. The second-order valence-electron chi connectivity index (χ2n) is 5.28. The Kier molecular flexibility index (Phi) is 2.88. The highest BCUT2D eigenvalue weighted by atomic mass is 15.1. The van der Waals surface area contributed by atoms with Gasteiger partial charge in [-0.1, -0.05) is 24.3 Å². The Balaban J connectivity index is 1.47. The van der Waals surface area contributed by atoms with Crippen molar-refractivity contribution in [3.8, 4) is 11.3 Å². The van der Waals surface area contributed by atoms with Crippen molar-refractivity contribution in [3.05, 3.63) is 60.0 Å². The van der Waals surface area contributed by atoms with E-state index in [1.54, 1.807) is 6.20 Å². The van der Waals surface area contributed by atoms with Gasteiger partial charge in [-0.05, 0) is 30.0 Å². The molecule has 0 atom stereocenters. The van der Waals surface area contributed by atoms with E-state index in [0.717, 1.165) is 24.1 Å². The summed E-state index contributed by atoms with van der Waals surface area (Å²) in [5.74, 6) is 0.677. The molecule has 0 radical (unpaired) electrons. The smallest absolute Gasteiger partial charge is 0.222 e. The van der Waals surface area contributed by atoms with Gasteiger partial charge in [-0.15, -0.1) is 0 Å². The maximum Gasteiger partial charge on any atom is 0.222 e. The van der Waals surface area contributed by atoms with Crippen molar-refractivity contribution in [3.63, 3.8) is 0 Å². The first-order valence-corrected chi connectivity index (χ1v) is 7.03. The van der Waals surface area contributed by atoms with Gasteiger partial charge in [0.25, 0.3) is 0 Å².